The van der Waals surface area contributed by atoms with Crippen molar-refractivity contribution in [1.29, 1.82) is 0 Å². The van der Waals surface area contributed by atoms with Gasteiger partial charge in [0.15, 0.2) is 0 Å². The van der Waals surface area contributed by atoms with Crippen LogP contribution in [-0.2, 0) is 0 Å². The van der Waals surface area contributed by atoms with Crippen LogP contribution in [0.3, 0.4) is 0 Å². The highest BCUT2D eigenvalue weighted by atomic mass is 79.9. The first-order valence-electron chi connectivity index (χ1n) is 7.44. The van der Waals surface area contributed by atoms with Gasteiger partial charge in [0.25, 0.3) is 5.91 Å². The van der Waals surface area contributed by atoms with Crippen molar-refractivity contribution in [2.75, 3.05) is 5.32 Å². The minimum Gasteiger partial charge on any atom is -0.322 e. The number of aryl methyl sites for hydroxylation is 1. The first-order valence-corrected chi connectivity index (χ1v) is 9.11. The fraction of sp³-hybridized carbons (Fsp3) is 0.278. The SMILES string of the molecule is CCC(C)Sc1ccc(NC(=O)c2cc(F)ccc2Br)c(C)c1. The highest BCUT2D eigenvalue weighted by Crippen LogP contribution is 2.29. The smallest absolute Gasteiger partial charge is 0.256 e. The molecule has 0 aromatic heterocycles. The molecule has 5 heteroatoms. The largest absolute Gasteiger partial charge is 0.322 e. The molecule has 2 aromatic rings. The molecule has 23 heavy (non-hydrogen) atoms. The summed E-state index contributed by atoms with van der Waals surface area (Å²) in [6, 6.07) is 10.0. The molecule has 1 amide bonds. The van der Waals surface area contributed by atoms with Gasteiger partial charge in [0.1, 0.15) is 5.82 Å². The quantitative estimate of drug-likeness (QED) is 0.625. The molecule has 0 radical (unpaired) electrons. The monoisotopic (exact) mass is 395 g/mol. The topological polar surface area (TPSA) is 29.1 Å². The van der Waals surface area contributed by atoms with E-state index in [0.717, 1.165) is 17.7 Å². The summed E-state index contributed by atoms with van der Waals surface area (Å²) in [7, 11) is 0. The Kier molecular flexibility index (Phi) is 6.25. The molecule has 2 rings (SSSR count). The number of anilines is 1. The minimum atomic E-state index is -0.435. The van der Waals surface area contributed by atoms with Gasteiger partial charge in [0.05, 0.1) is 5.56 Å². The third-order valence-corrected chi connectivity index (χ3v) is 5.48. The van der Waals surface area contributed by atoms with Crippen molar-refractivity contribution in [1.82, 2.24) is 0 Å². The standard InChI is InChI=1S/C18H19BrFNOS/c1-4-12(3)23-14-6-8-17(11(2)9-14)21-18(22)15-10-13(20)5-7-16(15)19/h5-10,12H,4H2,1-3H3,(H,21,22). The molecule has 0 heterocycles. The Bertz CT molecular complexity index is 720. The summed E-state index contributed by atoms with van der Waals surface area (Å²) < 4.78 is 13.9. The lowest BCUT2D eigenvalue weighted by atomic mass is 10.1. The number of rotatable bonds is 5. The number of benzene rings is 2. The van der Waals surface area contributed by atoms with Crippen LogP contribution in [0.5, 0.6) is 0 Å². The van der Waals surface area contributed by atoms with E-state index in [9.17, 15) is 9.18 Å². The predicted molar refractivity (Wildman–Crippen MR) is 98.8 cm³/mol. The second kappa shape index (κ2) is 7.97. The molecule has 1 atom stereocenters. The van der Waals surface area contributed by atoms with Gasteiger partial charge in [-0.3, -0.25) is 4.79 Å². The first kappa shape index (κ1) is 18.0. The van der Waals surface area contributed by atoms with Gasteiger partial charge < -0.3 is 5.32 Å². The molecule has 0 spiro atoms. The zero-order valence-electron chi connectivity index (χ0n) is 13.3. The Balaban J connectivity index is 2.16. The number of carbonyl (C=O) groups is 1. The molecule has 0 aliphatic heterocycles. The molecule has 0 aliphatic carbocycles. The van der Waals surface area contributed by atoms with E-state index < -0.39 is 5.82 Å². The number of hydrogen-bond acceptors (Lipinski definition) is 2. The van der Waals surface area contributed by atoms with E-state index in [0.29, 0.717) is 9.72 Å². The van der Waals surface area contributed by atoms with Gasteiger partial charge in [-0.05, 0) is 71.2 Å². The van der Waals surface area contributed by atoms with Crippen LogP contribution < -0.4 is 5.32 Å². The number of thioether (sulfide) groups is 1. The summed E-state index contributed by atoms with van der Waals surface area (Å²) in [5.41, 5.74) is 2.00. The molecular formula is C18H19BrFNOS. The number of hydrogen-bond donors (Lipinski definition) is 1. The number of halogens is 2. The number of nitrogens with one attached hydrogen (secondary N) is 1. The Hall–Kier alpha value is -1.33. The van der Waals surface area contributed by atoms with Crippen molar-refractivity contribution in [3.8, 4) is 0 Å². The molecule has 2 nitrogen and oxygen atoms in total. The third kappa shape index (κ3) is 4.82. The predicted octanol–water partition coefficient (Wildman–Crippen LogP) is 6.04. The molecule has 2 aromatic carbocycles. The van der Waals surface area contributed by atoms with Crippen molar-refractivity contribution in [3.05, 3.63) is 57.8 Å². The normalized spacial score (nSPS) is 12.0. The second-order valence-corrected chi connectivity index (χ2v) is 7.76. The van der Waals surface area contributed by atoms with Gasteiger partial charge in [-0.25, -0.2) is 4.39 Å². The minimum absolute atomic E-state index is 0.280. The van der Waals surface area contributed by atoms with Crippen molar-refractivity contribution >= 4 is 39.3 Å². The van der Waals surface area contributed by atoms with E-state index in [1.165, 1.54) is 23.1 Å². The maximum absolute atomic E-state index is 13.3. The van der Waals surface area contributed by atoms with Crippen LogP contribution in [0, 0.1) is 12.7 Å². The van der Waals surface area contributed by atoms with Crippen LogP contribution in [0.1, 0.15) is 36.2 Å². The molecule has 0 bridgehead atoms. The molecule has 1 unspecified atom stereocenters. The third-order valence-electron chi connectivity index (χ3n) is 3.53. The lowest BCUT2D eigenvalue weighted by Gasteiger charge is -2.13. The van der Waals surface area contributed by atoms with E-state index in [1.807, 2.05) is 30.8 Å². The van der Waals surface area contributed by atoms with Gasteiger partial charge in [-0.15, -0.1) is 11.8 Å². The fourth-order valence-corrected chi connectivity index (χ4v) is 3.48. The van der Waals surface area contributed by atoms with E-state index >= 15 is 0 Å². The second-order valence-electron chi connectivity index (χ2n) is 5.39. The zero-order chi connectivity index (χ0) is 17.0. The van der Waals surface area contributed by atoms with Crippen LogP contribution in [-0.4, -0.2) is 11.2 Å². The maximum atomic E-state index is 13.3. The maximum Gasteiger partial charge on any atom is 0.256 e. The van der Waals surface area contributed by atoms with Crippen LogP contribution in [0.15, 0.2) is 45.8 Å². The summed E-state index contributed by atoms with van der Waals surface area (Å²) in [5.74, 6) is -0.767. The summed E-state index contributed by atoms with van der Waals surface area (Å²) in [4.78, 5) is 13.5. The Morgan fingerprint density at radius 3 is 2.70 bits per heavy atom. The van der Waals surface area contributed by atoms with Crippen LogP contribution in [0.2, 0.25) is 0 Å². The van der Waals surface area contributed by atoms with E-state index in [1.54, 1.807) is 0 Å². The van der Waals surface area contributed by atoms with E-state index in [-0.39, 0.29) is 11.5 Å². The number of carbonyl (C=O) groups excluding carboxylic acids is 1. The van der Waals surface area contributed by atoms with Crippen molar-refractivity contribution in [2.24, 2.45) is 0 Å². The first-order chi connectivity index (χ1) is 10.9. The summed E-state index contributed by atoms with van der Waals surface area (Å²) in [6.07, 6.45) is 1.11. The highest BCUT2D eigenvalue weighted by molar-refractivity contribution is 9.10. The Morgan fingerprint density at radius 1 is 1.30 bits per heavy atom. The van der Waals surface area contributed by atoms with Crippen LogP contribution in [0.25, 0.3) is 0 Å². The van der Waals surface area contributed by atoms with Gasteiger partial charge in [0.2, 0.25) is 0 Å². The Labute approximate surface area is 149 Å². The summed E-state index contributed by atoms with van der Waals surface area (Å²) in [5, 5.41) is 3.40. The molecular weight excluding hydrogens is 377 g/mol. The lowest BCUT2D eigenvalue weighted by molar-refractivity contribution is 0.102. The zero-order valence-corrected chi connectivity index (χ0v) is 15.7. The summed E-state index contributed by atoms with van der Waals surface area (Å²) in [6.45, 7) is 6.31. The molecule has 0 saturated carbocycles. The molecule has 1 N–H and O–H groups in total. The number of amides is 1. The van der Waals surface area contributed by atoms with Gasteiger partial charge in [-0.2, -0.15) is 0 Å². The van der Waals surface area contributed by atoms with Crippen molar-refractivity contribution in [2.45, 2.75) is 37.3 Å². The van der Waals surface area contributed by atoms with Crippen molar-refractivity contribution < 1.29 is 9.18 Å². The average Bonchev–Trinajstić information content (AvgIpc) is 2.52. The van der Waals surface area contributed by atoms with Gasteiger partial charge >= 0.3 is 0 Å². The van der Waals surface area contributed by atoms with Crippen LogP contribution in [0.4, 0.5) is 10.1 Å². The van der Waals surface area contributed by atoms with E-state index in [4.69, 9.17) is 0 Å². The average molecular weight is 396 g/mol. The van der Waals surface area contributed by atoms with E-state index in [2.05, 4.69) is 41.2 Å². The fourth-order valence-electron chi connectivity index (χ4n) is 2.03. The highest BCUT2D eigenvalue weighted by Gasteiger charge is 2.13. The summed E-state index contributed by atoms with van der Waals surface area (Å²) >= 11 is 5.10. The molecule has 0 fully saturated rings. The van der Waals surface area contributed by atoms with Crippen molar-refractivity contribution in [3.63, 3.8) is 0 Å². The van der Waals surface area contributed by atoms with Crippen LogP contribution >= 0.6 is 27.7 Å². The van der Waals surface area contributed by atoms with Gasteiger partial charge in [-0.1, -0.05) is 13.8 Å². The lowest BCUT2D eigenvalue weighted by Crippen LogP contribution is -2.13. The Morgan fingerprint density at radius 2 is 2.04 bits per heavy atom. The molecule has 0 saturated heterocycles. The molecule has 122 valence electrons. The molecule has 0 aliphatic rings. The van der Waals surface area contributed by atoms with Gasteiger partial charge in [0, 0.05) is 20.3 Å².